The van der Waals surface area contributed by atoms with Crippen molar-refractivity contribution in [3.63, 3.8) is 0 Å². The first-order valence-corrected chi connectivity index (χ1v) is 11.5. The minimum atomic E-state index is 0.902. The molecule has 150 valence electrons. The van der Waals surface area contributed by atoms with Crippen LogP contribution in [0.5, 0.6) is 0 Å². The van der Waals surface area contributed by atoms with Gasteiger partial charge in [0.2, 0.25) is 0 Å². The molecule has 0 rings (SSSR count). The Bertz CT molecular complexity index is 169. The molecular weight excluding hydrogens is 288 g/mol. The van der Waals surface area contributed by atoms with Crippen molar-refractivity contribution in [3.05, 3.63) is 0 Å². The Balaban J connectivity index is -0.000000374. The third-order valence-electron chi connectivity index (χ3n) is 4.27. The summed E-state index contributed by atoms with van der Waals surface area (Å²) >= 11 is 0. The molecule has 0 aromatic carbocycles. The van der Waals surface area contributed by atoms with E-state index in [1.54, 1.807) is 0 Å². The zero-order valence-electron chi connectivity index (χ0n) is 19.1. The third kappa shape index (κ3) is 37.9. The highest BCUT2D eigenvalue weighted by atomic mass is 14.0. The predicted octanol–water partition coefficient (Wildman–Crippen LogP) is 9.81. The van der Waals surface area contributed by atoms with Crippen LogP contribution < -0.4 is 0 Å². The molecule has 0 heterocycles. The topological polar surface area (TPSA) is 0 Å². The monoisotopic (exact) mass is 342 g/mol. The van der Waals surface area contributed by atoms with Crippen LogP contribution >= 0.6 is 0 Å². The van der Waals surface area contributed by atoms with Gasteiger partial charge in [0.25, 0.3) is 0 Å². The summed E-state index contributed by atoms with van der Waals surface area (Å²) in [7, 11) is 0. The third-order valence-corrected chi connectivity index (χ3v) is 4.27. The molecule has 0 atom stereocenters. The summed E-state index contributed by atoms with van der Waals surface area (Å²) in [6.45, 7) is 17.8. The van der Waals surface area contributed by atoms with Crippen LogP contribution in [-0.4, -0.2) is 0 Å². The lowest BCUT2D eigenvalue weighted by atomic mass is 10.0. The second-order valence-electron chi connectivity index (χ2n) is 7.90. The molecule has 0 radical (unpaired) electrons. The van der Waals surface area contributed by atoms with Crippen LogP contribution in [0.15, 0.2) is 0 Å². The molecule has 0 aliphatic rings. The van der Waals surface area contributed by atoms with Gasteiger partial charge in [-0.2, -0.15) is 0 Å². The van der Waals surface area contributed by atoms with E-state index in [1.807, 2.05) is 13.8 Å². The lowest BCUT2D eigenvalue weighted by molar-refractivity contribution is 0.507. The molecule has 0 N–H and O–H groups in total. The lowest BCUT2D eigenvalue weighted by Crippen LogP contribution is -1.87. The van der Waals surface area contributed by atoms with Crippen molar-refractivity contribution < 1.29 is 0 Å². The number of hydrogen-bond acceptors (Lipinski definition) is 0. The second-order valence-corrected chi connectivity index (χ2v) is 7.90. The van der Waals surface area contributed by atoms with Crippen molar-refractivity contribution in [2.24, 2.45) is 11.8 Å². The van der Waals surface area contributed by atoms with E-state index < -0.39 is 0 Å². The largest absolute Gasteiger partial charge is 0.0683 e. The zero-order chi connectivity index (χ0) is 19.1. The van der Waals surface area contributed by atoms with Gasteiger partial charge in [-0.05, 0) is 11.8 Å². The molecule has 0 aromatic heterocycles. The van der Waals surface area contributed by atoms with Gasteiger partial charge in [0, 0.05) is 0 Å². The zero-order valence-corrected chi connectivity index (χ0v) is 19.1. The van der Waals surface area contributed by atoms with Gasteiger partial charge in [-0.1, -0.05) is 145 Å². The standard InChI is InChI=1S/C14H30.C8H18.C2H6/c1-4-5-6-7-8-9-10-11-12-13-14(2)3;1-4-5-6-7-8(2)3;1-2/h14H,4-13H2,1-3H3;8H,4-7H2,1-3H3;1-2H3. The Labute approximate surface area is 157 Å². The molecular formula is C24H54. The molecule has 0 amide bonds. The van der Waals surface area contributed by atoms with Crippen molar-refractivity contribution >= 4 is 0 Å². The van der Waals surface area contributed by atoms with Gasteiger partial charge in [0.05, 0.1) is 0 Å². The number of hydrogen-bond donors (Lipinski definition) is 0. The SMILES string of the molecule is CC.CCCCCC(C)C.CCCCCCCCCCCC(C)C. The van der Waals surface area contributed by atoms with Crippen molar-refractivity contribution in [3.8, 4) is 0 Å². The maximum atomic E-state index is 2.32. The summed E-state index contributed by atoms with van der Waals surface area (Å²) < 4.78 is 0. The summed E-state index contributed by atoms with van der Waals surface area (Å²) in [5, 5.41) is 0. The summed E-state index contributed by atoms with van der Waals surface area (Å²) in [6, 6.07) is 0. The molecule has 0 bridgehead atoms. The summed E-state index contributed by atoms with van der Waals surface area (Å²) in [5.41, 5.74) is 0. The van der Waals surface area contributed by atoms with Crippen molar-refractivity contribution in [1.82, 2.24) is 0 Å². The normalized spacial score (nSPS) is 10.2. The van der Waals surface area contributed by atoms with Crippen molar-refractivity contribution in [2.75, 3.05) is 0 Å². The van der Waals surface area contributed by atoms with Crippen LogP contribution in [0.4, 0.5) is 0 Å². The van der Waals surface area contributed by atoms with Crippen LogP contribution in [0.25, 0.3) is 0 Å². The summed E-state index contributed by atoms with van der Waals surface area (Å²) in [6.07, 6.45) is 20.1. The van der Waals surface area contributed by atoms with E-state index in [-0.39, 0.29) is 0 Å². The van der Waals surface area contributed by atoms with Gasteiger partial charge in [-0.3, -0.25) is 0 Å². The van der Waals surface area contributed by atoms with Gasteiger partial charge >= 0.3 is 0 Å². The Hall–Kier alpha value is 0. The predicted molar refractivity (Wildman–Crippen MR) is 117 cm³/mol. The van der Waals surface area contributed by atoms with Crippen molar-refractivity contribution in [1.29, 1.82) is 0 Å². The Morgan fingerprint density at radius 1 is 0.417 bits per heavy atom. The molecule has 0 aliphatic carbocycles. The molecule has 0 fully saturated rings. The number of rotatable bonds is 14. The lowest BCUT2D eigenvalue weighted by Gasteiger charge is -2.04. The molecule has 24 heavy (non-hydrogen) atoms. The van der Waals surface area contributed by atoms with E-state index in [0.29, 0.717) is 0 Å². The Kier molecular flexibility index (Phi) is 33.4. The van der Waals surface area contributed by atoms with E-state index >= 15 is 0 Å². The molecule has 0 spiro atoms. The fourth-order valence-electron chi connectivity index (χ4n) is 2.67. The van der Waals surface area contributed by atoms with Gasteiger partial charge in [0.15, 0.2) is 0 Å². The molecule has 0 unspecified atom stereocenters. The first-order chi connectivity index (χ1) is 11.5. The van der Waals surface area contributed by atoms with Gasteiger partial charge < -0.3 is 0 Å². The average Bonchev–Trinajstić information content (AvgIpc) is 2.55. The van der Waals surface area contributed by atoms with Gasteiger partial charge in [-0.15, -0.1) is 0 Å². The van der Waals surface area contributed by atoms with E-state index in [4.69, 9.17) is 0 Å². The maximum absolute atomic E-state index is 2.32. The molecule has 0 saturated heterocycles. The van der Waals surface area contributed by atoms with E-state index in [0.717, 1.165) is 11.8 Å². The molecule has 0 aliphatic heterocycles. The number of unbranched alkanes of at least 4 members (excludes halogenated alkanes) is 10. The quantitative estimate of drug-likeness (QED) is 0.275. The molecule has 0 nitrogen and oxygen atoms in total. The highest BCUT2D eigenvalue weighted by Gasteiger charge is 1.94. The van der Waals surface area contributed by atoms with Crippen LogP contribution in [-0.2, 0) is 0 Å². The van der Waals surface area contributed by atoms with Gasteiger partial charge in [-0.25, -0.2) is 0 Å². The maximum Gasteiger partial charge on any atom is -0.0471 e. The van der Waals surface area contributed by atoms with Crippen LogP contribution in [0.3, 0.4) is 0 Å². The molecule has 0 heteroatoms. The van der Waals surface area contributed by atoms with Gasteiger partial charge in [0.1, 0.15) is 0 Å². The van der Waals surface area contributed by atoms with E-state index in [1.165, 1.54) is 89.9 Å². The first kappa shape index (κ1) is 28.8. The van der Waals surface area contributed by atoms with Crippen molar-refractivity contribution in [2.45, 2.75) is 145 Å². The highest BCUT2D eigenvalue weighted by Crippen LogP contribution is 2.12. The average molecular weight is 343 g/mol. The fourth-order valence-corrected chi connectivity index (χ4v) is 2.67. The molecule has 0 aromatic rings. The summed E-state index contributed by atoms with van der Waals surface area (Å²) in [4.78, 5) is 0. The fraction of sp³-hybridized carbons (Fsp3) is 1.00. The van der Waals surface area contributed by atoms with Crippen LogP contribution in [0, 0.1) is 11.8 Å². The Morgan fingerprint density at radius 2 is 0.667 bits per heavy atom. The second kappa shape index (κ2) is 27.8. The summed E-state index contributed by atoms with van der Waals surface area (Å²) in [5.74, 6) is 1.81. The smallest absolute Gasteiger partial charge is 0.0471 e. The van der Waals surface area contributed by atoms with E-state index in [9.17, 15) is 0 Å². The molecule has 0 saturated carbocycles. The van der Waals surface area contributed by atoms with Crippen LogP contribution in [0.2, 0.25) is 0 Å². The Morgan fingerprint density at radius 3 is 1.00 bits per heavy atom. The van der Waals surface area contributed by atoms with E-state index in [2.05, 4.69) is 41.5 Å². The highest BCUT2D eigenvalue weighted by molar-refractivity contribution is 4.49. The van der Waals surface area contributed by atoms with Crippen LogP contribution in [0.1, 0.15) is 145 Å². The first-order valence-electron chi connectivity index (χ1n) is 11.5. The minimum Gasteiger partial charge on any atom is -0.0683 e. The minimum absolute atomic E-state index is 0.902.